The highest BCUT2D eigenvalue weighted by Gasteiger charge is 2.57. The Kier molecular flexibility index (Phi) is 3.01. The van der Waals surface area contributed by atoms with Gasteiger partial charge in [-0.3, -0.25) is 9.59 Å². The standard InChI is InChI=1S/C15H18N2O2/c18-13(16-10-11-4-2-1-3-5-11)15(8-9-15)14(19)17-12-6-7-12/h1-5,12H,6-10H2,(H,16,18)(H,17,19). The molecule has 0 heterocycles. The second kappa shape index (κ2) is 4.68. The van der Waals surface area contributed by atoms with Crippen LogP contribution < -0.4 is 10.6 Å². The molecular weight excluding hydrogens is 240 g/mol. The third-order valence-electron chi connectivity index (χ3n) is 3.83. The maximum Gasteiger partial charge on any atom is 0.235 e. The van der Waals surface area contributed by atoms with Crippen LogP contribution in [0.25, 0.3) is 0 Å². The van der Waals surface area contributed by atoms with E-state index in [2.05, 4.69) is 10.6 Å². The summed E-state index contributed by atoms with van der Waals surface area (Å²) in [6, 6.07) is 10.1. The fourth-order valence-corrected chi connectivity index (χ4v) is 2.18. The van der Waals surface area contributed by atoms with E-state index in [1.165, 1.54) is 0 Å². The van der Waals surface area contributed by atoms with E-state index in [9.17, 15) is 9.59 Å². The number of hydrogen-bond acceptors (Lipinski definition) is 2. The van der Waals surface area contributed by atoms with Crippen LogP contribution in [0, 0.1) is 5.41 Å². The molecule has 0 unspecified atom stereocenters. The summed E-state index contributed by atoms with van der Waals surface area (Å²) in [4.78, 5) is 24.2. The van der Waals surface area contributed by atoms with Crippen molar-refractivity contribution < 1.29 is 9.59 Å². The lowest BCUT2D eigenvalue weighted by Gasteiger charge is -2.15. The lowest BCUT2D eigenvalue weighted by Crippen LogP contribution is -2.43. The Morgan fingerprint density at radius 3 is 2.37 bits per heavy atom. The highest BCUT2D eigenvalue weighted by atomic mass is 16.2. The molecule has 0 aliphatic heterocycles. The third kappa shape index (κ3) is 2.62. The summed E-state index contributed by atoms with van der Waals surface area (Å²) in [5, 5.41) is 5.81. The Labute approximate surface area is 112 Å². The van der Waals surface area contributed by atoms with E-state index in [0.717, 1.165) is 18.4 Å². The quantitative estimate of drug-likeness (QED) is 0.783. The molecule has 100 valence electrons. The van der Waals surface area contributed by atoms with E-state index in [4.69, 9.17) is 0 Å². The summed E-state index contributed by atoms with van der Waals surface area (Å²) in [6.07, 6.45) is 3.44. The van der Waals surface area contributed by atoms with E-state index in [1.807, 2.05) is 30.3 Å². The first-order valence-corrected chi connectivity index (χ1v) is 6.84. The summed E-state index contributed by atoms with van der Waals surface area (Å²) in [5.41, 5.74) is 0.270. The Bertz CT molecular complexity index is 490. The van der Waals surface area contributed by atoms with Crippen LogP contribution in [0.5, 0.6) is 0 Å². The smallest absolute Gasteiger partial charge is 0.235 e. The first kappa shape index (κ1) is 12.2. The van der Waals surface area contributed by atoms with Gasteiger partial charge in [0, 0.05) is 12.6 Å². The first-order chi connectivity index (χ1) is 9.21. The van der Waals surface area contributed by atoms with Crippen LogP contribution in [-0.2, 0) is 16.1 Å². The zero-order valence-corrected chi connectivity index (χ0v) is 10.8. The molecule has 0 bridgehead atoms. The number of amides is 2. The molecule has 0 spiro atoms. The van der Waals surface area contributed by atoms with Crippen molar-refractivity contribution in [2.24, 2.45) is 5.41 Å². The topological polar surface area (TPSA) is 58.2 Å². The molecule has 4 nitrogen and oxygen atoms in total. The number of nitrogens with one attached hydrogen (secondary N) is 2. The molecule has 0 saturated heterocycles. The van der Waals surface area contributed by atoms with Crippen LogP contribution in [-0.4, -0.2) is 17.9 Å². The number of rotatable bonds is 5. The zero-order valence-electron chi connectivity index (χ0n) is 10.8. The maximum atomic E-state index is 12.2. The van der Waals surface area contributed by atoms with Gasteiger partial charge in [-0.05, 0) is 31.2 Å². The van der Waals surface area contributed by atoms with Gasteiger partial charge < -0.3 is 10.6 Å². The second-order valence-electron chi connectivity index (χ2n) is 5.50. The Hall–Kier alpha value is -1.84. The van der Waals surface area contributed by atoms with E-state index in [-0.39, 0.29) is 11.8 Å². The Morgan fingerprint density at radius 1 is 1.11 bits per heavy atom. The minimum absolute atomic E-state index is 0.0828. The lowest BCUT2D eigenvalue weighted by atomic mass is 10.0. The van der Waals surface area contributed by atoms with Gasteiger partial charge in [0.05, 0.1) is 0 Å². The van der Waals surface area contributed by atoms with Gasteiger partial charge >= 0.3 is 0 Å². The van der Waals surface area contributed by atoms with Gasteiger partial charge in [-0.15, -0.1) is 0 Å². The van der Waals surface area contributed by atoms with Gasteiger partial charge in [0.2, 0.25) is 11.8 Å². The summed E-state index contributed by atoms with van der Waals surface area (Å²) < 4.78 is 0. The van der Waals surface area contributed by atoms with Gasteiger partial charge in [-0.2, -0.15) is 0 Å². The molecule has 2 amide bonds. The summed E-state index contributed by atoms with van der Waals surface area (Å²) in [7, 11) is 0. The fraction of sp³-hybridized carbons (Fsp3) is 0.467. The molecule has 0 radical (unpaired) electrons. The molecule has 0 atom stereocenters. The van der Waals surface area contributed by atoms with E-state index in [0.29, 0.717) is 25.4 Å². The number of hydrogen-bond donors (Lipinski definition) is 2. The molecule has 1 aromatic rings. The number of carbonyl (C=O) groups is 2. The monoisotopic (exact) mass is 258 g/mol. The van der Waals surface area contributed by atoms with Crippen molar-refractivity contribution in [3.8, 4) is 0 Å². The van der Waals surface area contributed by atoms with Crippen molar-refractivity contribution in [2.45, 2.75) is 38.3 Å². The SMILES string of the molecule is O=C(NCc1ccccc1)C1(C(=O)NC2CC2)CC1. The van der Waals surface area contributed by atoms with Crippen molar-refractivity contribution in [1.29, 1.82) is 0 Å². The predicted octanol–water partition coefficient (Wildman–Crippen LogP) is 1.36. The Morgan fingerprint density at radius 2 is 1.79 bits per heavy atom. The van der Waals surface area contributed by atoms with Crippen LogP contribution in [0.2, 0.25) is 0 Å². The van der Waals surface area contributed by atoms with Gasteiger partial charge in [-0.1, -0.05) is 30.3 Å². The number of benzene rings is 1. The number of carbonyl (C=O) groups excluding carboxylic acids is 2. The maximum absolute atomic E-state index is 12.2. The molecule has 2 fully saturated rings. The van der Waals surface area contributed by atoms with Gasteiger partial charge in [-0.25, -0.2) is 0 Å². The van der Waals surface area contributed by atoms with Crippen LogP contribution in [0.15, 0.2) is 30.3 Å². The third-order valence-corrected chi connectivity index (χ3v) is 3.83. The van der Waals surface area contributed by atoms with E-state index in [1.54, 1.807) is 0 Å². The summed E-state index contributed by atoms with van der Waals surface area (Å²) in [5.74, 6) is -0.213. The van der Waals surface area contributed by atoms with Gasteiger partial charge in [0.25, 0.3) is 0 Å². The molecule has 4 heteroatoms. The fourth-order valence-electron chi connectivity index (χ4n) is 2.18. The molecular formula is C15H18N2O2. The minimum Gasteiger partial charge on any atom is -0.352 e. The van der Waals surface area contributed by atoms with Crippen molar-refractivity contribution in [3.05, 3.63) is 35.9 Å². The van der Waals surface area contributed by atoms with Crippen molar-refractivity contribution in [1.82, 2.24) is 10.6 Å². The van der Waals surface area contributed by atoms with Crippen LogP contribution >= 0.6 is 0 Å². The average molecular weight is 258 g/mol. The second-order valence-corrected chi connectivity index (χ2v) is 5.50. The molecule has 1 aromatic carbocycles. The Balaban J connectivity index is 1.56. The molecule has 2 aliphatic rings. The highest BCUT2D eigenvalue weighted by molar-refractivity contribution is 6.08. The van der Waals surface area contributed by atoms with E-state index >= 15 is 0 Å². The molecule has 19 heavy (non-hydrogen) atoms. The van der Waals surface area contributed by atoms with Crippen molar-refractivity contribution >= 4 is 11.8 Å². The summed E-state index contributed by atoms with van der Waals surface area (Å²) >= 11 is 0. The van der Waals surface area contributed by atoms with Crippen LogP contribution in [0.3, 0.4) is 0 Å². The van der Waals surface area contributed by atoms with Crippen molar-refractivity contribution in [3.63, 3.8) is 0 Å². The molecule has 2 saturated carbocycles. The first-order valence-electron chi connectivity index (χ1n) is 6.84. The summed E-state index contributed by atoms with van der Waals surface area (Å²) in [6.45, 7) is 0.484. The van der Waals surface area contributed by atoms with Crippen molar-refractivity contribution in [2.75, 3.05) is 0 Å². The molecule has 3 rings (SSSR count). The van der Waals surface area contributed by atoms with Gasteiger partial charge in [0.15, 0.2) is 0 Å². The van der Waals surface area contributed by atoms with Crippen LogP contribution in [0.4, 0.5) is 0 Å². The van der Waals surface area contributed by atoms with Crippen LogP contribution in [0.1, 0.15) is 31.2 Å². The molecule has 2 N–H and O–H groups in total. The van der Waals surface area contributed by atoms with E-state index < -0.39 is 5.41 Å². The predicted molar refractivity (Wildman–Crippen MR) is 71.1 cm³/mol. The zero-order chi connectivity index (χ0) is 13.3. The molecule has 2 aliphatic carbocycles. The molecule has 0 aromatic heterocycles. The minimum atomic E-state index is -0.780. The lowest BCUT2D eigenvalue weighted by molar-refractivity contribution is -0.137. The average Bonchev–Trinajstić information content (AvgIpc) is 3.30. The normalized spacial score (nSPS) is 19.6. The highest BCUT2D eigenvalue weighted by Crippen LogP contribution is 2.46. The van der Waals surface area contributed by atoms with Gasteiger partial charge in [0.1, 0.15) is 5.41 Å². The largest absolute Gasteiger partial charge is 0.352 e.